The van der Waals surface area contributed by atoms with Crippen molar-refractivity contribution in [1.82, 2.24) is 4.98 Å². The van der Waals surface area contributed by atoms with Crippen LogP contribution in [-0.4, -0.2) is 30.5 Å². The van der Waals surface area contributed by atoms with Gasteiger partial charge in [0.15, 0.2) is 12.4 Å². The standard InChI is InChI=1S/C25H17Cl2NO4/c1-31-19-9-4-15(5-10-19)23-13-21(20-12-18(27)8-11-22(20)28-23)25(30)32-14-24(29)16-2-6-17(26)7-3-16/h2-13H,14H2,1H3. The van der Waals surface area contributed by atoms with E-state index >= 15 is 0 Å². The highest BCUT2D eigenvalue weighted by molar-refractivity contribution is 6.31. The third-order valence-electron chi connectivity index (χ3n) is 4.88. The van der Waals surface area contributed by atoms with Crippen LogP contribution in [0.15, 0.2) is 72.8 Å². The van der Waals surface area contributed by atoms with Crippen LogP contribution in [0.2, 0.25) is 10.0 Å². The van der Waals surface area contributed by atoms with Gasteiger partial charge in [-0.05, 0) is 72.8 Å². The Morgan fingerprint density at radius 1 is 0.875 bits per heavy atom. The molecule has 0 unspecified atom stereocenters. The summed E-state index contributed by atoms with van der Waals surface area (Å²) >= 11 is 12.0. The molecule has 0 saturated heterocycles. The number of Topliss-reactive ketones (excluding diaryl/α,β-unsaturated/α-hetero) is 1. The molecule has 4 aromatic rings. The normalized spacial score (nSPS) is 10.7. The topological polar surface area (TPSA) is 65.5 Å². The lowest BCUT2D eigenvalue weighted by atomic mass is 10.0. The van der Waals surface area contributed by atoms with Crippen molar-refractivity contribution >= 4 is 45.9 Å². The van der Waals surface area contributed by atoms with Gasteiger partial charge in [-0.1, -0.05) is 23.2 Å². The largest absolute Gasteiger partial charge is 0.497 e. The fraction of sp³-hybridized carbons (Fsp3) is 0.0800. The van der Waals surface area contributed by atoms with Gasteiger partial charge < -0.3 is 9.47 Å². The zero-order valence-electron chi connectivity index (χ0n) is 17.0. The fourth-order valence-electron chi connectivity index (χ4n) is 3.20. The number of aromatic nitrogens is 1. The Kier molecular flexibility index (Phi) is 6.40. The average Bonchev–Trinajstić information content (AvgIpc) is 2.82. The van der Waals surface area contributed by atoms with E-state index in [1.54, 1.807) is 55.6 Å². The summed E-state index contributed by atoms with van der Waals surface area (Å²) in [5.41, 5.74) is 2.64. The molecule has 0 radical (unpaired) electrons. The zero-order valence-corrected chi connectivity index (χ0v) is 18.5. The van der Waals surface area contributed by atoms with E-state index in [1.807, 2.05) is 24.3 Å². The van der Waals surface area contributed by atoms with E-state index in [-0.39, 0.29) is 11.3 Å². The van der Waals surface area contributed by atoms with Crippen LogP contribution in [-0.2, 0) is 4.74 Å². The molecule has 7 heteroatoms. The summed E-state index contributed by atoms with van der Waals surface area (Å²) < 4.78 is 10.5. The molecule has 0 aliphatic heterocycles. The summed E-state index contributed by atoms with van der Waals surface area (Å²) in [4.78, 5) is 30.0. The number of rotatable bonds is 6. The molecule has 0 aliphatic carbocycles. The van der Waals surface area contributed by atoms with Crippen molar-refractivity contribution in [3.05, 3.63) is 94.0 Å². The molecule has 0 saturated carbocycles. The van der Waals surface area contributed by atoms with Gasteiger partial charge in [0.2, 0.25) is 0 Å². The summed E-state index contributed by atoms with van der Waals surface area (Å²) in [6.07, 6.45) is 0. The number of hydrogen-bond acceptors (Lipinski definition) is 5. The Balaban J connectivity index is 1.66. The maximum Gasteiger partial charge on any atom is 0.339 e. The van der Waals surface area contributed by atoms with E-state index < -0.39 is 12.6 Å². The van der Waals surface area contributed by atoms with E-state index in [1.165, 1.54) is 0 Å². The van der Waals surface area contributed by atoms with Crippen molar-refractivity contribution in [3.63, 3.8) is 0 Å². The summed E-state index contributed by atoms with van der Waals surface area (Å²) in [6.45, 7) is -0.400. The SMILES string of the molecule is COc1ccc(-c2cc(C(=O)OCC(=O)c3ccc(Cl)cc3)c3cc(Cl)ccc3n2)cc1. The maximum atomic E-state index is 13.0. The first kappa shape index (κ1) is 21.8. The van der Waals surface area contributed by atoms with Crippen molar-refractivity contribution in [2.45, 2.75) is 0 Å². The lowest BCUT2D eigenvalue weighted by Crippen LogP contribution is -2.15. The highest BCUT2D eigenvalue weighted by atomic mass is 35.5. The summed E-state index contributed by atoms with van der Waals surface area (Å²) in [5.74, 6) is -0.264. The van der Waals surface area contributed by atoms with Crippen molar-refractivity contribution in [2.24, 2.45) is 0 Å². The van der Waals surface area contributed by atoms with Gasteiger partial charge in [-0.2, -0.15) is 0 Å². The highest BCUT2D eigenvalue weighted by Gasteiger charge is 2.18. The highest BCUT2D eigenvalue weighted by Crippen LogP contribution is 2.28. The fourth-order valence-corrected chi connectivity index (χ4v) is 3.50. The molecule has 0 bridgehead atoms. The number of methoxy groups -OCH3 is 1. The van der Waals surface area contributed by atoms with Crippen LogP contribution in [0.3, 0.4) is 0 Å². The number of pyridine rings is 1. The van der Waals surface area contributed by atoms with E-state index in [9.17, 15) is 9.59 Å². The smallest absolute Gasteiger partial charge is 0.339 e. The molecule has 1 aromatic heterocycles. The Hall–Kier alpha value is -3.41. The number of benzene rings is 3. The van der Waals surface area contributed by atoms with Gasteiger partial charge in [0.25, 0.3) is 0 Å². The summed E-state index contributed by atoms with van der Waals surface area (Å²) in [6, 6.07) is 20.4. The number of nitrogens with zero attached hydrogens (tertiary/aromatic N) is 1. The molecule has 0 amide bonds. The number of ketones is 1. The molecular weight excluding hydrogens is 449 g/mol. The van der Waals surface area contributed by atoms with E-state index in [0.717, 1.165) is 5.56 Å². The van der Waals surface area contributed by atoms with Crippen molar-refractivity contribution in [3.8, 4) is 17.0 Å². The lowest BCUT2D eigenvalue weighted by molar-refractivity contribution is 0.0476. The molecule has 0 N–H and O–H groups in total. The number of carbonyl (C=O) groups is 2. The van der Waals surface area contributed by atoms with Gasteiger partial charge in [0.05, 0.1) is 23.9 Å². The van der Waals surface area contributed by atoms with Crippen LogP contribution in [0.5, 0.6) is 5.75 Å². The zero-order chi connectivity index (χ0) is 22.7. The number of esters is 1. The lowest BCUT2D eigenvalue weighted by Gasteiger charge is -2.11. The molecular formula is C25H17Cl2NO4. The summed E-state index contributed by atoms with van der Waals surface area (Å²) in [7, 11) is 1.59. The first-order chi connectivity index (χ1) is 15.4. The molecule has 3 aromatic carbocycles. The van der Waals surface area contributed by atoms with Crippen LogP contribution >= 0.6 is 23.2 Å². The van der Waals surface area contributed by atoms with Crippen LogP contribution in [0.25, 0.3) is 22.2 Å². The van der Waals surface area contributed by atoms with Gasteiger partial charge >= 0.3 is 5.97 Å². The van der Waals surface area contributed by atoms with Gasteiger partial charge in [-0.25, -0.2) is 9.78 Å². The molecule has 0 spiro atoms. The van der Waals surface area contributed by atoms with Crippen molar-refractivity contribution in [1.29, 1.82) is 0 Å². The molecule has 0 fully saturated rings. The minimum absolute atomic E-state index is 0.271. The number of hydrogen-bond donors (Lipinski definition) is 0. The number of carbonyl (C=O) groups excluding carboxylic acids is 2. The third kappa shape index (κ3) is 4.74. The summed E-state index contributed by atoms with van der Waals surface area (Å²) in [5, 5.41) is 1.52. The average molecular weight is 466 g/mol. The first-order valence-electron chi connectivity index (χ1n) is 9.65. The Labute approximate surface area is 194 Å². The maximum absolute atomic E-state index is 13.0. The van der Waals surface area contributed by atoms with Crippen molar-refractivity contribution in [2.75, 3.05) is 13.7 Å². The predicted molar refractivity (Wildman–Crippen MR) is 125 cm³/mol. The van der Waals surface area contributed by atoms with E-state index in [0.29, 0.717) is 38.0 Å². The van der Waals surface area contributed by atoms with Crippen LogP contribution in [0.1, 0.15) is 20.7 Å². The monoisotopic (exact) mass is 465 g/mol. The molecule has 4 rings (SSSR count). The molecule has 1 heterocycles. The second kappa shape index (κ2) is 9.39. The predicted octanol–water partition coefficient (Wildman–Crippen LogP) is 6.26. The second-order valence-corrected chi connectivity index (χ2v) is 7.82. The number of ether oxygens (including phenoxy) is 2. The molecule has 5 nitrogen and oxygen atoms in total. The Morgan fingerprint density at radius 2 is 1.56 bits per heavy atom. The molecule has 160 valence electrons. The minimum atomic E-state index is -0.642. The molecule has 0 atom stereocenters. The minimum Gasteiger partial charge on any atom is -0.497 e. The number of fused-ring (bicyclic) bond motifs is 1. The Bertz CT molecular complexity index is 1300. The van der Waals surface area contributed by atoms with E-state index in [4.69, 9.17) is 32.7 Å². The van der Waals surface area contributed by atoms with Crippen LogP contribution in [0, 0.1) is 0 Å². The molecule has 32 heavy (non-hydrogen) atoms. The first-order valence-corrected chi connectivity index (χ1v) is 10.4. The van der Waals surface area contributed by atoms with E-state index in [2.05, 4.69) is 4.98 Å². The van der Waals surface area contributed by atoms with Crippen LogP contribution < -0.4 is 4.74 Å². The van der Waals surface area contributed by atoms with Gasteiger partial charge in [-0.3, -0.25) is 4.79 Å². The number of halogens is 2. The molecule has 0 aliphatic rings. The van der Waals surface area contributed by atoms with Gasteiger partial charge in [0, 0.05) is 26.6 Å². The van der Waals surface area contributed by atoms with Crippen molar-refractivity contribution < 1.29 is 19.1 Å². The third-order valence-corrected chi connectivity index (χ3v) is 5.36. The second-order valence-electron chi connectivity index (χ2n) is 6.95. The van der Waals surface area contributed by atoms with Gasteiger partial charge in [0.1, 0.15) is 5.75 Å². The van der Waals surface area contributed by atoms with Crippen LogP contribution in [0.4, 0.5) is 0 Å². The Morgan fingerprint density at radius 3 is 2.25 bits per heavy atom. The quantitative estimate of drug-likeness (QED) is 0.248. The van der Waals surface area contributed by atoms with Gasteiger partial charge in [-0.15, -0.1) is 0 Å².